The lowest BCUT2D eigenvalue weighted by Gasteiger charge is -2.30. The molecular weight excluding hydrogens is 354 g/mol. The van der Waals surface area contributed by atoms with Gasteiger partial charge >= 0.3 is 0 Å². The van der Waals surface area contributed by atoms with Crippen LogP contribution in [0, 0.1) is 0 Å². The highest BCUT2D eigenvalue weighted by Crippen LogP contribution is 2.45. The van der Waals surface area contributed by atoms with Crippen LogP contribution < -0.4 is 10.9 Å². The van der Waals surface area contributed by atoms with Crippen molar-refractivity contribution in [2.24, 2.45) is 0 Å². The Labute approximate surface area is 132 Å². The number of hydrogen-bond donors (Lipinski definition) is 3. The van der Waals surface area contributed by atoms with Crippen LogP contribution in [-0.2, 0) is 4.79 Å². The summed E-state index contributed by atoms with van der Waals surface area (Å²) in [4.78, 5) is 25.6. The topological polar surface area (TPSA) is 77.8 Å². The highest BCUT2D eigenvalue weighted by molar-refractivity contribution is 9.11. The maximum Gasteiger partial charge on any atom is 0.270 e. The van der Waals surface area contributed by atoms with E-state index in [4.69, 9.17) is 0 Å². The van der Waals surface area contributed by atoms with Crippen molar-refractivity contribution in [2.75, 3.05) is 5.32 Å². The fraction of sp³-hybridized carbons (Fsp3) is 0.286. The Morgan fingerprint density at radius 2 is 2.05 bits per heavy atom. The quantitative estimate of drug-likeness (QED) is 0.726. The number of aromatic amines is 2. The fourth-order valence-electron chi connectivity index (χ4n) is 3.13. The van der Waals surface area contributed by atoms with Crippen LogP contribution in [0.4, 0.5) is 5.82 Å². The summed E-state index contributed by atoms with van der Waals surface area (Å²) in [6.45, 7) is 0. The number of nitrogens with one attached hydrogen (secondary N) is 3. The lowest BCUT2D eigenvalue weighted by atomic mass is 9.79. The number of carbonyl (C=O) groups is 1. The van der Waals surface area contributed by atoms with Crippen LogP contribution in [0.1, 0.15) is 35.6 Å². The van der Waals surface area contributed by atoms with Crippen LogP contribution in [0.3, 0.4) is 0 Å². The molecule has 2 aliphatic rings. The first-order chi connectivity index (χ1) is 10.1. The third-order valence-electron chi connectivity index (χ3n) is 4.00. The van der Waals surface area contributed by atoms with Gasteiger partial charge in [0.2, 0.25) is 0 Å². The number of anilines is 1. The molecule has 1 unspecified atom stereocenters. The second-order valence-corrected chi connectivity index (χ2v) is 7.73. The van der Waals surface area contributed by atoms with Gasteiger partial charge in [-0.3, -0.25) is 19.8 Å². The molecule has 21 heavy (non-hydrogen) atoms. The smallest absolute Gasteiger partial charge is 0.270 e. The molecule has 0 amide bonds. The average molecular weight is 366 g/mol. The molecule has 108 valence electrons. The molecule has 0 saturated carbocycles. The van der Waals surface area contributed by atoms with Gasteiger partial charge in [0.15, 0.2) is 5.78 Å². The number of aromatic nitrogens is 2. The lowest BCUT2D eigenvalue weighted by Crippen LogP contribution is -2.28. The van der Waals surface area contributed by atoms with E-state index in [9.17, 15) is 9.59 Å². The van der Waals surface area contributed by atoms with E-state index in [2.05, 4.69) is 31.4 Å². The first-order valence-electron chi connectivity index (χ1n) is 6.74. The van der Waals surface area contributed by atoms with Gasteiger partial charge < -0.3 is 5.32 Å². The highest BCUT2D eigenvalue weighted by atomic mass is 79.9. The van der Waals surface area contributed by atoms with Crippen molar-refractivity contribution >= 4 is 38.9 Å². The van der Waals surface area contributed by atoms with Crippen molar-refractivity contribution in [3.63, 3.8) is 0 Å². The summed E-state index contributed by atoms with van der Waals surface area (Å²) in [7, 11) is 0. The molecule has 2 aromatic rings. The third-order valence-corrected chi connectivity index (χ3v) is 5.69. The summed E-state index contributed by atoms with van der Waals surface area (Å²) in [5.74, 6) is 0.558. The second-order valence-electron chi connectivity index (χ2n) is 5.24. The molecule has 0 saturated heterocycles. The summed E-state index contributed by atoms with van der Waals surface area (Å²) in [5, 5.41) is 8.72. The molecule has 3 N–H and O–H groups in total. The van der Waals surface area contributed by atoms with Crippen LogP contribution in [0.15, 0.2) is 32.0 Å². The van der Waals surface area contributed by atoms with Gasteiger partial charge in [0.25, 0.3) is 5.56 Å². The zero-order chi connectivity index (χ0) is 14.6. The number of allylic oxidation sites excluding steroid dienone is 2. The molecule has 2 aromatic heterocycles. The minimum absolute atomic E-state index is 0.143. The standard InChI is InChI=1S/C14H12BrN3O2S/c15-9-5-4-8(21-9)11-10-6(2-1-3-7(10)19)16-13-12(11)14(20)18-17-13/h4-5,11H,1-3H2,(H3,16,17,18,20). The van der Waals surface area contributed by atoms with Gasteiger partial charge in [0, 0.05) is 22.6 Å². The number of fused-ring (bicyclic) bond motifs is 1. The van der Waals surface area contributed by atoms with Gasteiger partial charge in [-0.15, -0.1) is 11.3 Å². The molecule has 7 heteroatoms. The van der Waals surface area contributed by atoms with E-state index < -0.39 is 0 Å². The summed E-state index contributed by atoms with van der Waals surface area (Å²) in [6.07, 6.45) is 2.26. The summed E-state index contributed by atoms with van der Waals surface area (Å²) in [6, 6.07) is 3.93. The highest BCUT2D eigenvalue weighted by Gasteiger charge is 2.38. The molecule has 5 nitrogen and oxygen atoms in total. The van der Waals surface area contributed by atoms with Crippen LogP contribution in [0.2, 0.25) is 0 Å². The van der Waals surface area contributed by atoms with Crippen molar-refractivity contribution in [1.29, 1.82) is 0 Å². The Morgan fingerprint density at radius 3 is 2.81 bits per heavy atom. The van der Waals surface area contributed by atoms with Gasteiger partial charge in [-0.25, -0.2) is 0 Å². The minimum Gasteiger partial charge on any atom is -0.343 e. The fourth-order valence-corrected chi connectivity index (χ4v) is 4.68. The number of ketones is 1. The van der Waals surface area contributed by atoms with E-state index >= 15 is 0 Å². The molecule has 0 bridgehead atoms. The summed E-state index contributed by atoms with van der Waals surface area (Å²) < 4.78 is 0.995. The van der Waals surface area contributed by atoms with Crippen LogP contribution >= 0.6 is 27.3 Å². The number of hydrogen-bond acceptors (Lipinski definition) is 4. The number of rotatable bonds is 1. The number of thiophene rings is 1. The predicted octanol–water partition coefficient (Wildman–Crippen LogP) is 3.09. The zero-order valence-electron chi connectivity index (χ0n) is 11.0. The van der Waals surface area contributed by atoms with E-state index in [1.165, 1.54) is 0 Å². The minimum atomic E-state index is -0.268. The Kier molecular flexibility index (Phi) is 2.93. The van der Waals surface area contributed by atoms with Crippen molar-refractivity contribution in [1.82, 2.24) is 10.2 Å². The van der Waals surface area contributed by atoms with Crippen molar-refractivity contribution < 1.29 is 4.79 Å². The largest absolute Gasteiger partial charge is 0.343 e. The lowest BCUT2D eigenvalue weighted by molar-refractivity contribution is -0.116. The van der Waals surface area contributed by atoms with E-state index in [-0.39, 0.29) is 17.3 Å². The van der Waals surface area contributed by atoms with Crippen molar-refractivity contribution in [3.8, 4) is 0 Å². The van der Waals surface area contributed by atoms with E-state index in [0.717, 1.165) is 32.8 Å². The molecular formula is C14H12BrN3O2S. The van der Waals surface area contributed by atoms with E-state index in [1.54, 1.807) is 11.3 Å². The molecule has 1 atom stereocenters. The monoisotopic (exact) mass is 365 g/mol. The van der Waals surface area contributed by atoms with Crippen LogP contribution in [0.25, 0.3) is 0 Å². The molecule has 1 aliphatic carbocycles. The summed E-state index contributed by atoms with van der Waals surface area (Å²) >= 11 is 5.02. The molecule has 3 heterocycles. The second kappa shape index (κ2) is 4.71. The van der Waals surface area contributed by atoms with Crippen molar-refractivity contribution in [3.05, 3.63) is 48.0 Å². The van der Waals surface area contributed by atoms with Crippen LogP contribution in [-0.4, -0.2) is 16.0 Å². The Bertz CT molecular complexity index is 829. The third kappa shape index (κ3) is 1.95. The van der Waals surface area contributed by atoms with Gasteiger partial charge in [0.1, 0.15) is 5.82 Å². The van der Waals surface area contributed by atoms with Crippen molar-refractivity contribution in [2.45, 2.75) is 25.2 Å². The van der Waals surface area contributed by atoms with Gasteiger partial charge in [-0.1, -0.05) is 0 Å². The number of H-pyrrole nitrogens is 2. The predicted molar refractivity (Wildman–Crippen MR) is 84.8 cm³/mol. The first kappa shape index (κ1) is 13.1. The molecule has 0 radical (unpaired) electrons. The van der Waals surface area contributed by atoms with E-state index in [1.807, 2.05) is 12.1 Å². The Hall–Kier alpha value is -1.60. The Morgan fingerprint density at radius 1 is 1.19 bits per heavy atom. The average Bonchev–Trinajstić information content (AvgIpc) is 3.04. The first-order valence-corrected chi connectivity index (χ1v) is 8.35. The molecule has 0 aromatic carbocycles. The normalized spacial score (nSPS) is 21.0. The van der Waals surface area contributed by atoms with Crippen LogP contribution in [0.5, 0.6) is 0 Å². The van der Waals surface area contributed by atoms with Gasteiger partial charge in [-0.2, -0.15) is 0 Å². The molecule has 4 rings (SSSR count). The SMILES string of the molecule is O=C1CCCC2=C1C(c1ccc(Br)s1)c1c([nH][nH]c1=O)N2. The zero-order valence-corrected chi connectivity index (χ0v) is 13.4. The maximum absolute atomic E-state index is 12.4. The molecule has 0 fully saturated rings. The Balaban J connectivity index is 1.98. The number of halogens is 1. The van der Waals surface area contributed by atoms with Gasteiger partial charge in [-0.05, 0) is 40.9 Å². The van der Waals surface area contributed by atoms with Gasteiger partial charge in [0.05, 0.1) is 15.3 Å². The number of carbonyl (C=O) groups excluding carboxylic acids is 1. The molecule has 1 aliphatic heterocycles. The maximum atomic E-state index is 12.4. The summed E-state index contributed by atoms with van der Waals surface area (Å²) in [5.41, 5.74) is 2.15. The number of Topliss-reactive ketones (excluding diaryl/α,β-unsaturated/α-hetero) is 1. The van der Waals surface area contributed by atoms with E-state index in [0.29, 0.717) is 17.8 Å². The molecule has 0 spiro atoms.